The second-order valence-corrected chi connectivity index (χ2v) is 5.97. The van der Waals surface area contributed by atoms with Crippen molar-refractivity contribution in [3.8, 4) is 17.2 Å². The molecule has 0 aliphatic heterocycles. The van der Waals surface area contributed by atoms with Gasteiger partial charge in [0.15, 0.2) is 11.5 Å². The first-order valence-corrected chi connectivity index (χ1v) is 8.61. The van der Waals surface area contributed by atoms with E-state index in [1.54, 1.807) is 31.2 Å². The third kappa shape index (κ3) is 5.37. The van der Waals surface area contributed by atoms with Gasteiger partial charge in [-0.25, -0.2) is 4.79 Å². The summed E-state index contributed by atoms with van der Waals surface area (Å²) in [7, 11) is 0. The van der Waals surface area contributed by atoms with Crippen molar-refractivity contribution in [1.29, 1.82) is 0 Å². The molecule has 2 aromatic carbocycles. The monoisotopic (exact) mass is 373 g/mol. The van der Waals surface area contributed by atoms with Gasteiger partial charge in [-0.05, 0) is 43.2 Å². The predicted molar refractivity (Wildman–Crippen MR) is 100 cm³/mol. The highest BCUT2D eigenvalue weighted by atomic mass is 16.6. The van der Waals surface area contributed by atoms with Crippen molar-refractivity contribution in [2.45, 2.75) is 33.3 Å². The number of rotatable bonds is 8. The van der Waals surface area contributed by atoms with Gasteiger partial charge in [-0.3, -0.25) is 0 Å². The van der Waals surface area contributed by atoms with Gasteiger partial charge in [0.2, 0.25) is 5.75 Å². The molecule has 0 radical (unpaired) electrons. The molecule has 3 N–H and O–H groups in total. The van der Waals surface area contributed by atoms with Crippen LogP contribution in [0.2, 0.25) is 0 Å². The van der Waals surface area contributed by atoms with Crippen molar-refractivity contribution in [3.05, 3.63) is 53.1 Å². The molecular weight excluding hydrogens is 350 g/mol. The predicted octanol–water partition coefficient (Wildman–Crippen LogP) is 3.70. The second-order valence-electron chi connectivity index (χ2n) is 5.97. The van der Waals surface area contributed by atoms with Gasteiger partial charge < -0.3 is 24.9 Å². The van der Waals surface area contributed by atoms with E-state index in [1.807, 2.05) is 6.92 Å². The number of oxime groups is 1. The quantitative estimate of drug-likeness (QED) is 0.214. The van der Waals surface area contributed by atoms with E-state index in [9.17, 15) is 20.1 Å². The first-order chi connectivity index (χ1) is 12.9. The molecule has 144 valence electrons. The molecule has 0 aliphatic carbocycles. The topological polar surface area (TPSA) is 109 Å². The molecule has 0 bridgehead atoms. The van der Waals surface area contributed by atoms with Crippen molar-refractivity contribution in [3.63, 3.8) is 0 Å². The van der Waals surface area contributed by atoms with Crippen LogP contribution in [0.25, 0.3) is 0 Å². The summed E-state index contributed by atoms with van der Waals surface area (Å²) in [6, 6.07) is 9.52. The van der Waals surface area contributed by atoms with Crippen LogP contribution in [0.15, 0.2) is 41.6 Å². The van der Waals surface area contributed by atoms with E-state index < -0.39 is 17.2 Å². The summed E-state index contributed by atoms with van der Waals surface area (Å²) in [5.74, 6) is -1.89. The van der Waals surface area contributed by atoms with Gasteiger partial charge in [-0.15, -0.1) is 0 Å². The summed E-state index contributed by atoms with van der Waals surface area (Å²) in [5, 5.41) is 32.7. The molecule has 0 aliphatic rings. The molecule has 0 atom stereocenters. The zero-order valence-electron chi connectivity index (χ0n) is 15.3. The van der Waals surface area contributed by atoms with E-state index >= 15 is 0 Å². The fourth-order valence-electron chi connectivity index (χ4n) is 2.29. The molecule has 0 amide bonds. The van der Waals surface area contributed by atoms with E-state index in [4.69, 9.17) is 9.57 Å². The molecule has 27 heavy (non-hydrogen) atoms. The Morgan fingerprint density at radius 2 is 1.89 bits per heavy atom. The number of phenols is 3. The van der Waals surface area contributed by atoms with Crippen molar-refractivity contribution < 1.29 is 29.7 Å². The summed E-state index contributed by atoms with van der Waals surface area (Å²) in [6.45, 7) is 4.11. The number of nitrogens with zero attached hydrogens (tertiary/aromatic N) is 1. The van der Waals surface area contributed by atoms with Crippen molar-refractivity contribution in [2.75, 3.05) is 6.61 Å². The Balaban J connectivity index is 2.00. The average Bonchev–Trinajstić information content (AvgIpc) is 2.66. The number of carbonyl (C=O) groups excluding carboxylic acids is 1. The molecule has 0 saturated carbocycles. The number of unbranched alkanes of at least 4 members (excludes halogenated alkanes) is 1. The summed E-state index contributed by atoms with van der Waals surface area (Å²) in [5.41, 5.74) is 1.72. The van der Waals surface area contributed by atoms with Gasteiger partial charge in [-0.2, -0.15) is 0 Å². The lowest BCUT2D eigenvalue weighted by molar-refractivity contribution is 0.0499. The summed E-state index contributed by atoms with van der Waals surface area (Å²) in [6.07, 6.45) is 1.77. The lowest BCUT2D eigenvalue weighted by atomic mass is 10.1. The Bertz CT molecular complexity index is 831. The van der Waals surface area contributed by atoms with E-state index in [1.165, 1.54) is 12.1 Å². The first-order valence-electron chi connectivity index (χ1n) is 8.61. The number of benzene rings is 2. The van der Waals surface area contributed by atoms with Gasteiger partial charge in [0, 0.05) is 5.56 Å². The normalized spacial score (nSPS) is 11.3. The zero-order valence-corrected chi connectivity index (χ0v) is 15.3. The van der Waals surface area contributed by atoms with Crippen LogP contribution in [-0.2, 0) is 16.2 Å². The number of ether oxygens (including phenoxy) is 1. The van der Waals surface area contributed by atoms with E-state index in [2.05, 4.69) is 5.16 Å². The standard InChI is InChI=1S/C20H23NO6/c1-3-4-10-26-20(25)15-7-5-6-14(11-15)12-27-21-13(2)16-8-9-17(22)19(24)18(16)23/h5-9,11,22-24H,3-4,10,12H2,1-2H3/b21-13+. The number of hydrogen-bond acceptors (Lipinski definition) is 7. The number of hydrogen-bond donors (Lipinski definition) is 3. The molecular formula is C20H23NO6. The summed E-state index contributed by atoms with van der Waals surface area (Å²) >= 11 is 0. The van der Waals surface area contributed by atoms with Gasteiger partial charge in [0.1, 0.15) is 6.61 Å². The van der Waals surface area contributed by atoms with E-state index in [0.717, 1.165) is 18.4 Å². The van der Waals surface area contributed by atoms with Gasteiger partial charge in [0.05, 0.1) is 17.9 Å². The Hall–Kier alpha value is -3.22. The maximum atomic E-state index is 12.0. The Morgan fingerprint density at radius 3 is 2.63 bits per heavy atom. The summed E-state index contributed by atoms with van der Waals surface area (Å²) < 4.78 is 5.18. The average molecular weight is 373 g/mol. The maximum Gasteiger partial charge on any atom is 0.338 e. The van der Waals surface area contributed by atoms with Crippen molar-refractivity contribution >= 4 is 11.7 Å². The third-order valence-electron chi connectivity index (χ3n) is 3.85. The molecule has 7 nitrogen and oxygen atoms in total. The highest BCUT2D eigenvalue weighted by molar-refractivity contribution is 6.01. The molecule has 2 aromatic rings. The minimum Gasteiger partial charge on any atom is -0.504 e. The second kappa shape index (κ2) is 9.47. The smallest absolute Gasteiger partial charge is 0.338 e. The fourth-order valence-corrected chi connectivity index (χ4v) is 2.29. The SMILES string of the molecule is CCCCOC(=O)c1cccc(CO/N=C(\C)c2ccc(O)c(O)c2O)c1. The van der Waals surface area contributed by atoms with Crippen LogP contribution in [0.3, 0.4) is 0 Å². The number of aromatic hydroxyl groups is 3. The van der Waals surface area contributed by atoms with E-state index in [0.29, 0.717) is 17.9 Å². The Labute approximate surface area is 157 Å². The number of carbonyl (C=O) groups is 1. The Kier molecular flexibility index (Phi) is 7.05. The lowest BCUT2D eigenvalue weighted by Gasteiger charge is -2.08. The molecule has 2 rings (SSSR count). The fraction of sp³-hybridized carbons (Fsp3) is 0.300. The zero-order chi connectivity index (χ0) is 19.8. The number of phenolic OH excluding ortho intramolecular Hbond substituents is 3. The molecule has 0 spiro atoms. The van der Waals surface area contributed by atoms with Crippen LogP contribution < -0.4 is 0 Å². The first kappa shape index (κ1) is 20.1. The molecule has 7 heteroatoms. The van der Waals surface area contributed by atoms with Crippen molar-refractivity contribution in [1.82, 2.24) is 0 Å². The van der Waals surface area contributed by atoms with Gasteiger partial charge in [-0.1, -0.05) is 30.6 Å². The van der Waals surface area contributed by atoms with Crippen LogP contribution in [0.1, 0.15) is 48.2 Å². The Morgan fingerprint density at radius 1 is 1.11 bits per heavy atom. The van der Waals surface area contributed by atoms with Gasteiger partial charge >= 0.3 is 5.97 Å². The molecule has 0 fully saturated rings. The minimum atomic E-state index is -0.615. The van der Waals surface area contributed by atoms with Crippen molar-refractivity contribution in [2.24, 2.45) is 5.16 Å². The highest BCUT2D eigenvalue weighted by Gasteiger charge is 2.13. The van der Waals surface area contributed by atoms with E-state index in [-0.39, 0.29) is 18.1 Å². The lowest BCUT2D eigenvalue weighted by Crippen LogP contribution is -2.07. The largest absolute Gasteiger partial charge is 0.504 e. The maximum absolute atomic E-state index is 12.0. The van der Waals surface area contributed by atoms with Crippen LogP contribution in [0.4, 0.5) is 0 Å². The van der Waals surface area contributed by atoms with Crippen LogP contribution in [0, 0.1) is 0 Å². The molecule has 0 saturated heterocycles. The highest BCUT2D eigenvalue weighted by Crippen LogP contribution is 2.37. The third-order valence-corrected chi connectivity index (χ3v) is 3.85. The van der Waals surface area contributed by atoms with Crippen LogP contribution in [0.5, 0.6) is 17.2 Å². The summed E-state index contributed by atoms with van der Waals surface area (Å²) in [4.78, 5) is 17.2. The molecule has 0 heterocycles. The molecule has 0 unspecified atom stereocenters. The number of esters is 1. The molecule has 0 aromatic heterocycles. The van der Waals surface area contributed by atoms with Gasteiger partial charge in [0.25, 0.3) is 0 Å². The minimum absolute atomic E-state index is 0.109. The van der Waals surface area contributed by atoms with Crippen LogP contribution >= 0.6 is 0 Å². The van der Waals surface area contributed by atoms with Crippen LogP contribution in [-0.4, -0.2) is 33.6 Å².